The predicted octanol–water partition coefficient (Wildman–Crippen LogP) is 4.67. The molecular weight excluding hydrogens is 281 g/mol. The third-order valence-corrected chi connectivity index (χ3v) is 3.49. The van der Waals surface area contributed by atoms with Gasteiger partial charge in [0.05, 0.1) is 5.56 Å². The third kappa shape index (κ3) is 3.81. The molecule has 0 aromatic heterocycles. The molecule has 1 atom stereocenters. The van der Waals surface area contributed by atoms with E-state index in [0.29, 0.717) is 12.3 Å². The summed E-state index contributed by atoms with van der Waals surface area (Å²) in [5.74, 6) is 0.392. The number of halogens is 4. The molecule has 16 heavy (non-hydrogen) atoms. The van der Waals surface area contributed by atoms with E-state index in [1.807, 2.05) is 6.92 Å². The summed E-state index contributed by atoms with van der Waals surface area (Å²) < 4.78 is 37.4. The van der Waals surface area contributed by atoms with Gasteiger partial charge in [0.25, 0.3) is 0 Å². The minimum absolute atomic E-state index is 0.392. The van der Waals surface area contributed by atoms with E-state index in [2.05, 4.69) is 15.9 Å². The molecule has 1 aromatic rings. The zero-order valence-corrected chi connectivity index (χ0v) is 10.6. The predicted molar refractivity (Wildman–Crippen MR) is 62.7 cm³/mol. The molecule has 0 fully saturated rings. The lowest BCUT2D eigenvalue weighted by Gasteiger charge is -2.13. The summed E-state index contributed by atoms with van der Waals surface area (Å²) in [6.07, 6.45) is -2.60. The van der Waals surface area contributed by atoms with E-state index >= 15 is 0 Å². The van der Waals surface area contributed by atoms with Gasteiger partial charge >= 0.3 is 6.18 Å². The molecule has 0 aliphatic heterocycles. The van der Waals surface area contributed by atoms with Crippen molar-refractivity contribution in [1.29, 1.82) is 0 Å². The second-order valence-electron chi connectivity index (χ2n) is 3.83. The van der Waals surface area contributed by atoms with Gasteiger partial charge < -0.3 is 0 Å². The van der Waals surface area contributed by atoms with Crippen LogP contribution in [0.2, 0.25) is 0 Å². The number of alkyl halides is 4. The molecule has 0 aliphatic carbocycles. The number of rotatable bonds is 4. The Balaban J connectivity index is 2.82. The van der Waals surface area contributed by atoms with Crippen molar-refractivity contribution < 1.29 is 13.2 Å². The fourth-order valence-electron chi connectivity index (χ4n) is 1.52. The maximum atomic E-state index is 12.5. The zero-order chi connectivity index (χ0) is 12.2. The van der Waals surface area contributed by atoms with Crippen LogP contribution in [-0.2, 0) is 12.6 Å². The van der Waals surface area contributed by atoms with Gasteiger partial charge in [0.15, 0.2) is 0 Å². The van der Waals surface area contributed by atoms with E-state index in [0.717, 1.165) is 23.4 Å². The van der Waals surface area contributed by atoms with Gasteiger partial charge in [-0.2, -0.15) is 13.2 Å². The minimum atomic E-state index is -4.24. The van der Waals surface area contributed by atoms with Crippen molar-refractivity contribution in [2.75, 3.05) is 5.33 Å². The molecule has 0 amide bonds. The molecule has 0 aliphatic rings. The highest BCUT2D eigenvalue weighted by molar-refractivity contribution is 9.09. The Labute approximate surface area is 102 Å². The molecule has 1 rings (SSSR count). The topological polar surface area (TPSA) is 0 Å². The lowest BCUT2D eigenvalue weighted by Crippen LogP contribution is -2.08. The Hall–Kier alpha value is -0.510. The van der Waals surface area contributed by atoms with Crippen molar-refractivity contribution in [3.05, 3.63) is 35.4 Å². The van der Waals surface area contributed by atoms with Crippen LogP contribution < -0.4 is 0 Å². The van der Waals surface area contributed by atoms with Crippen LogP contribution in [0.3, 0.4) is 0 Å². The summed E-state index contributed by atoms with van der Waals surface area (Å²) in [6.45, 7) is 2.04. The van der Waals surface area contributed by atoms with E-state index in [4.69, 9.17) is 0 Å². The van der Waals surface area contributed by atoms with Crippen LogP contribution in [-0.4, -0.2) is 5.33 Å². The highest BCUT2D eigenvalue weighted by Crippen LogP contribution is 2.30. The fraction of sp³-hybridized carbons (Fsp3) is 0.500. The molecule has 0 spiro atoms. The second kappa shape index (κ2) is 5.71. The molecule has 1 unspecified atom stereocenters. The van der Waals surface area contributed by atoms with Crippen LogP contribution in [0.1, 0.15) is 24.5 Å². The largest absolute Gasteiger partial charge is 0.416 e. The maximum absolute atomic E-state index is 12.5. The van der Waals surface area contributed by atoms with Gasteiger partial charge in [-0.05, 0) is 24.0 Å². The lowest BCUT2D eigenvalue weighted by molar-refractivity contribution is -0.137. The van der Waals surface area contributed by atoms with Crippen molar-refractivity contribution in [2.24, 2.45) is 5.92 Å². The second-order valence-corrected chi connectivity index (χ2v) is 4.48. The van der Waals surface area contributed by atoms with Crippen molar-refractivity contribution in [1.82, 2.24) is 0 Å². The Morgan fingerprint density at radius 1 is 1.31 bits per heavy atom. The molecule has 0 heterocycles. The first kappa shape index (κ1) is 13.6. The Bertz CT molecular complexity index is 329. The highest BCUT2D eigenvalue weighted by atomic mass is 79.9. The third-order valence-electron chi connectivity index (χ3n) is 2.57. The molecule has 0 saturated heterocycles. The molecule has 0 saturated carbocycles. The van der Waals surface area contributed by atoms with Gasteiger partial charge in [0, 0.05) is 5.33 Å². The number of benzene rings is 1. The Morgan fingerprint density at radius 2 is 2.00 bits per heavy atom. The van der Waals surface area contributed by atoms with Crippen LogP contribution in [0.25, 0.3) is 0 Å². The van der Waals surface area contributed by atoms with E-state index in [9.17, 15) is 13.2 Å². The van der Waals surface area contributed by atoms with Gasteiger partial charge in [0.1, 0.15) is 0 Å². The molecule has 1 aromatic carbocycles. The average Bonchev–Trinajstić information content (AvgIpc) is 2.25. The summed E-state index contributed by atoms with van der Waals surface area (Å²) in [5.41, 5.74) is 0.190. The van der Waals surface area contributed by atoms with E-state index in [1.165, 1.54) is 12.1 Å². The average molecular weight is 295 g/mol. The first-order valence-electron chi connectivity index (χ1n) is 5.19. The van der Waals surface area contributed by atoms with Crippen LogP contribution >= 0.6 is 15.9 Å². The van der Waals surface area contributed by atoms with Crippen molar-refractivity contribution in [2.45, 2.75) is 25.9 Å². The summed E-state index contributed by atoms with van der Waals surface area (Å²) in [7, 11) is 0. The molecule has 0 bridgehead atoms. The monoisotopic (exact) mass is 294 g/mol. The van der Waals surface area contributed by atoms with Gasteiger partial charge in [-0.15, -0.1) is 0 Å². The van der Waals surface area contributed by atoms with Crippen LogP contribution in [0.5, 0.6) is 0 Å². The summed E-state index contributed by atoms with van der Waals surface area (Å²) in [4.78, 5) is 0. The smallest absolute Gasteiger partial charge is 0.166 e. The van der Waals surface area contributed by atoms with Crippen molar-refractivity contribution in [3.63, 3.8) is 0 Å². The summed E-state index contributed by atoms with van der Waals surface area (Å²) >= 11 is 3.37. The van der Waals surface area contributed by atoms with Gasteiger partial charge in [-0.25, -0.2) is 0 Å². The first-order chi connectivity index (χ1) is 7.47. The molecule has 4 heteroatoms. The molecule has 90 valence electrons. The summed E-state index contributed by atoms with van der Waals surface area (Å²) in [5, 5.41) is 0.819. The standard InChI is InChI=1S/C12H14BrF3/c1-2-9(8-13)6-10-4-3-5-11(7-10)12(14,15)16/h3-5,7,9H,2,6,8H2,1H3. The number of hydrogen-bond acceptors (Lipinski definition) is 0. The molecule has 0 N–H and O–H groups in total. The van der Waals surface area contributed by atoms with Gasteiger partial charge in [-0.3, -0.25) is 0 Å². The fourth-order valence-corrected chi connectivity index (χ4v) is 2.20. The van der Waals surface area contributed by atoms with E-state index in [1.54, 1.807) is 6.07 Å². The molecular formula is C12H14BrF3. The zero-order valence-electron chi connectivity index (χ0n) is 9.02. The maximum Gasteiger partial charge on any atom is 0.416 e. The number of hydrogen-bond donors (Lipinski definition) is 0. The van der Waals surface area contributed by atoms with E-state index < -0.39 is 11.7 Å². The minimum Gasteiger partial charge on any atom is -0.166 e. The Morgan fingerprint density at radius 3 is 2.50 bits per heavy atom. The van der Waals surface area contributed by atoms with Crippen LogP contribution in [0, 0.1) is 5.92 Å². The quantitative estimate of drug-likeness (QED) is 0.708. The summed E-state index contributed by atoms with van der Waals surface area (Å²) in [6, 6.07) is 5.57. The highest BCUT2D eigenvalue weighted by Gasteiger charge is 2.30. The van der Waals surface area contributed by atoms with Crippen molar-refractivity contribution in [3.8, 4) is 0 Å². The first-order valence-corrected chi connectivity index (χ1v) is 6.31. The molecule has 0 radical (unpaired) electrons. The molecule has 0 nitrogen and oxygen atoms in total. The van der Waals surface area contributed by atoms with E-state index in [-0.39, 0.29) is 0 Å². The normalized spacial score (nSPS) is 13.8. The van der Waals surface area contributed by atoms with Crippen molar-refractivity contribution >= 4 is 15.9 Å². The van der Waals surface area contributed by atoms with Gasteiger partial charge in [0.2, 0.25) is 0 Å². The SMILES string of the molecule is CCC(CBr)Cc1cccc(C(F)(F)F)c1. The van der Waals surface area contributed by atoms with Crippen LogP contribution in [0.4, 0.5) is 13.2 Å². The van der Waals surface area contributed by atoms with Gasteiger partial charge in [-0.1, -0.05) is 47.5 Å². The lowest BCUT2D eigenvalue weighted by atomic mass is 9.97. The Kier molecular flexibility index (Phi) is 4.84. The van der Waals surface area contributed by atoms with Crippen LogP contribution in [0.15, 0.2) is 24.3 Å².